The van der Waals surface area contributed by atoms with Crippen LogP contribution in [0.4, 0.5) is 4.79 Å². The topological polar surface area (TPSA) is 44.4 Å². The van der Waals surface area contributed by atoms with Crippen LogP contribution in [0, 0.1) is 0 Å². The molecule has 104 valence electrons. The van der Waals surface area contributed by atoms with Crippen LogP contribution < -0.4 is 10.6 Å². The van der Waals surface area contributed by atoms with Crippen LogP contribution in [-0.2, 0) is 5.41 Å². The van der Waals surface area contributed by atoms with Gasteiger partial charge in [-0.25, -0.2) is 4.79 Å². The van der Waals surface area contributed by atoms with Crippen LogP contribution in [-0.4, -0.2) is 43.7 Å². The lowest BCUT2D eigenvalue weighted by Crippen LogP contribution is -2.39. The zero-order valence-corrected chi connectivity index (χ0v) is 11.8. The van der Waals surface area contributed by atoms with E-state index in [1.54, 1.807) is 0 Å². The van der Waals surface area contributed by atoms with Crippen molar-refractivity contribution in [2.24, 2.45) is 0 Å². The molecule has 1 heterocycles. The summed E-state index contributed by atoms with van der Waals surface area (Å²) in [6, 6.07) is 10.6. The quantitative estimate of drug-likeness (QED) is 0.764. The normalized spacial score (nSPS) is 15.7. The Kier molecular flexibility index (Phi) is 4.43. The van der Waals surface area contributed by atoms with Gasteiger partial charge in [-0.15, -0.1) is 0 Å². The molecule has 0 radical (unpaired) electrons. The molecule has 2 N–H and O–H groups in total. The van der Waals surface area contributed by atoms with Gasteiger partial charge in [-0.3, -0.25) is 0 Å². The van der Waals surface area contributed by atoms with Crippen LogP contribution in [0.25, 0.3) is 0 Å². The van der Waals surface area contributed by atoms with Crippen molar-refractivity contribution in [2.45, 2.75) is 19.3 Å². The highest BCUT2D eigenvalue weighted by molar-refractivity contribution is 5.76. The fourth-order valence-electron chi connectivity index (χ4n) is 2.33. The molecule has 19 heavy (non-hydrogen) atoms. The number of amides is 2. The van der Waals surface area contributed by atoms with Crippen molar-refractivity contribution in [3.05, 3.63) is 35.9 Å². The molecule has 0 aromatic heterocycles. The summed E-state index contributed by atoms with van der Waals surface area (Å²) < 4.78 is 0. The summed E-state index contributed by atoms with van der Waals surface area (Å²) in [5.74, 6) is 0. The Morgan fingerprint density at radius 2 is 2.05 bits per heavy atom. The van der Waals surface area contributed by atoms with Gasteiger partial charge in [0.05, 0.1) is 0 Å². The van der Waals surface area contributed by atoms with E-state index in [0.717, 1.165) is 32.7 Å². The Morgan fingerprint density at radius 1 is 1.32 bits per heavy atom. The summed E-state index contributed by atoms with van der Waals surface area (Å²) in [6.07, 6.45) is 0. The molecule has 0 aliphatic carbocycles. The number of rotatable bonds is 6. The number of nitrogens with one attached hydrogen (secondary N) is 2. The van der Waals surface area contributed by atoms with Crippen molar-refractivity contribution in [1.29, 1.82) is 0 Å². The molecule has 0 bridgehead atoms. The zero-order valence-electron chi connectivity index (χ0n) is 11.8. The molecule has 0 atom stereocenters. The Bertz CT molecular complexity index is 417. The van der Waals surface area contributed by atoms with Crippen molar-refractivity contribution < 1.29 is 4.79 Å². The largest absolute Gasteiger partial charge is 0.336 e. The van der Waals surface area contributed by atoms with Crippen molar-refractivity contribution in [1.82, 2.24) is 15.5 Å². The highest BCUT2D eigenvalue weighted by Gasteiger charge is 2.21. The molecular weight excluding hydrogens is 238 g/mol. The maximum absolute atomic E-state index is 11.4. The van der Waals surface area contributed by atoms with E-state index < -0.39 is 0 Å². The second kappa shape index (κ2) is 6.06. The lowest BCUT2D eigenvalue weighted by molar-refractivity contribution is 0.217. The second-order valence-electron chi connectivity index (χ2n) is 5.65. The molecular formula is C15H23N3O. The second-order valence-corrected chi connectivity index (χ2v) is 5.65. The minimum Gasteiger partial charge on any atom is -0.336 e. The molecule has 2 amide bonds. The lowest BCUT2D eigenvalue weighted by atomic mass is 9.85. The van der Waals surface area contributed by atoms with E-state index >= 15 is 0 Å². The van der Waals surface area contributed by atoms with E-state index in [1.807, 2.05) is 11.0 Å². The number of urea groups is 1. The molecule has 1 aliphatic rings. The third kappa shape index (κ3) is 3.70. The number of nitrogens with zero attached hydrogens (tertiary/aromatic N) is 1. The predicted molar refractivity (Wildman–Crippen MR) is 77.3 cm³/mol. The van der Waals surface area contributed by atoms with Crippen LogP contribution in [0.15, 0.2) is 30.3 Å². The van der Waals surface area contributed by atoms with Gasteiger partial charge >= 0.3 is 6.03 Å². The fourth-order valence-corrected chi connectivity index (χ4v) is 2.33. The molecule has 0 saturated carbocycles. The molecule has 0 unspecified atom stereocenters. The van der Waals surface area contributed by atoms with Gasteiger partial charge in [-0.1, -0.05) is 44.2 Å². The molecule has 1 aromatic carbocycles. The highest BCUT2D eigenvalue weighted by Crippen LogP contribution is 2.21. The minimum absolute atomic E-state index is 0.0594. The number of benzene rings is 1. The Balaban J connectivity index is 1.74. The van der Waals surface area contributed by atoms with Crippen LogP contribution in [0.5, 0.6) is 0 Å². The zero-order chi connectivity index (χ0) is 13.7. The monoisotopic (exact) mass is 261 g/mol. The summed E-state index contributed by atoms with van der Waals surface area (Å²) in [5.41, 5.74) is 1.44. The molecule has 4 heteroatoms. The van der Waals surface area contributed by atoms with Crippen LogP contribution >= 0.6 is 0 Å². The lowest BCUT2D eigenvalue weighted by Gasteiger charge is -2.26. The Morgan fingerprint density at radius 3 is 2.68 bits per heavy atom. The van der Waals surface area contributed by atoms with Crippen molar-refractivity contribution >= 4 is 6.03 Å². The van der Waals surface area contributed by atoms with E-state index in [0.29, 0.717) is 0 Å². The van der Waals surface area contributed by atoms with Gasteiger partial charge in [0, 0.05) is 38.1 Å². The molecule has 1 saturated heterocycles. The third-order valence-electron chi connectivity index (χ3n) is 3.63. The van der Waals surface area contributed by atoms with Gasteiger partial charge in [0.15, 0.2) is 0 Å². The smallest absolute Gasteiger partial charge is 0.317 e. The molecule has 1 fully saturated rings. The van der Waals surface area contributed by atoms with Gasteiger partial charge in [-0.2, -0.15) is 0 Å². The van der Waals surface area contributed by atoms with Crippen molar-refractivity contribution in [2.75, 3.05) is 32.7 Å². The third-order valence-corrected chi connectivity index (χ3v) is 3.63. The highest BCUT2D eigenvalue weighted by atomic mass is 16.2. The maximum Gasteiger partial charge on any atom is 0.317 e. The van der Waals surface area contributed by atoms with Gasteiger partial charge in [0.2, 0.25) is 0 Å². The molecule has 0 spiro atoms. The average molecular weight is 261 g/mol. The number of hydrogen-bond donors (Lipinski definition) is 2. The number of carbonyl (C=O) groups is 1. The van der Waals surface area contributed by atoms with E-state index in [4.69, 9.17) is 0 Å². The van der Waals surface area contributed by atoms with E-state index in [2.05, 4.69) is 48.7 Å². The minimum atomic E-state index is 0.0594. The van der Waals surface area contributed by atoms with Gasteiger partial charge in [-0.05, 0) is 5.56 Å². The van der Waals surface area contributed by atoms with E-state index in [1.165, 1.54) is 5.56 Å². The van der Waals surface area contributed by atoms with Gasteiger partial charge in [0.25, 0.3) is 0 Å². The van der Waals surface area contributed by atoms with E-state index in [9.17, 15) is 4.79 Å². The first-order valence-electron chi connectivity index (χ1n) is 6.89. The molecule has 1 aliphatic heterocycles. The maximum atomic E-state index is 11.4. The summed E-state index contributed by atoms with van der Waals surface area (Å²) in [6.45, 7) is 8.58. The SMILES string of the molecule is CC(C)(CNCCN1CCNC1=O)c1ccccc1. The number of hydrogen-bond acceptors (Lipinski definition) is 2. The first kappa shape index (κ1) is 13.9. The average Bonchev–Trinajstić information content (AvgIpc) is 2.81. The predicted octanol–water partition coefficient (Wildman–Crippen LogP) is 1.58. The standard InChI is InChI=1S/C15H23N3O/c1-15(2,13-6-4-3-5-7-13)12-16-8-10-18-11-9-17-14(18)19/h3-7,16H,8-12H2,1-2H3,(H,17,19). The Hall–Kier alpha value is -1.55. The molecule has 2 rings (SSSR count). The molecule has 1 aromatic rings. The van der Waals surface area contributed by atoms with Crippen molar-refractivity contribution in [3.63, 3.8) is 0 Å². The van der Waals surface area contributed by atoms with Crippen molar-refractivity contribution in [3.8, 4) is 0 Å². The summed E-state index contributed by atoms with van der Waals surface area (Å²) in [5, 5.41) is 6.26. The van der Waals surface area contributed by atoms with Crippen LogP contribution in [0.2, 0.25) is 0 Å². The van der Waals surface area contributed by atoms with Crippen LogP contribution in [0.1, 0.15) is 19.4 Å². The van der Waals surface area contributed by atoms with Crippen LogP contribution in [0.3, 0.4) is 0 Å². The first-order chi connectivity index (χ1) is 9.09. The summed E-state index contributed by atoms with van der Waals surface area (Å²) >= 11 is 0. The Labute approximate surface area is 115 Å². The number of carbonyl (C=O) groups excluding carboxylic acids is 1. The first-order valence-corrected chi connectivity index (χ1v) is 6.89. The van der Waals surface area contributed by atoms with Gasteiger partial charge in [0.1, 0.15) is 0 Å². The summed E-state index contributed by atoms with van der Waals surface area (Å²) in [7, 11) is 0. The summed E-state index contributed by atoms with van der Waals surface area (Å²) in [4.78, 5) is 13.2. The van der Waals surface area contributed by atoms with Gasteiger partial charge < -0.3 is 15.5 Å². The fraction of sp³-hybridized carbons (Fsp3) is 0.533. The van der Waals surface area contributed by atoms with E-state index in [-0.39, 0.29) is 11.4 Å². The molecule has 4 nitrogen and oxygen atoms in total.